The molecule has 0 heterocycles. The maximum Gasteiger partial charge on any atom is 0.104 e. The summed E-state index contributed by atoms with van der Waals surface area (Å²) in [4.78, 5) is 0. The van der Waals surface area contributed by atoms with Crippen LogP contribution in [0.4, 0.5) is 0 Å². The van der Waals surface area contributed by atoms with Crippen LogP contribution in [0.15, 0.2) is 42.5 Å². The van der Waals surface area contributed by atoms with Crippen molar-refractivity contribution < 1.29 is 10.2 Å². The Bertz CT molecular complexity index is 741. The molecule has 2 heteroatoms. The monoisotopic (exact) mass is 324 g/mol. The molecule has 0 radical (unpaired) electrons. The van der Waals surface area contributed by atoms with Crippen LogP contribution in [0.3, 0.4) is 0 Å². The molecule has 2 atom stereocenters. The molecule has 0 amide bonds. The zero-order valence-corrected chi connectivity index (χ0v) is 15.3. The maximum absolute atomic E-state index is 10.8. The Morgan fingerprint density at radius 2 is 1.42 bits per heavy atom. The molecule has 0 aromatic heterocycles. The van der Waals surface area contributed by atoms with Gasteiger partial charge in [0.15, 0.2) is 0 Å². The zero-order chi connectivity index (χ0) is 17.7. The number of aliphatic hydroxyl groups is 2. The molecule has 24 heavy (non-hydrogen) atoms. The van der Waals surface area contributed by atoms with Gasteiger partial charge in [0, 0.05) is 0 Å². The van der Waals surface area contributed by atoms with Gasteiger partial charge in [-0.25, -0.2) is 0 Å². The van der Waals surface area contributed by atoms with Crippen molar-refractivity contribution in [2.75, 3.05) is 0 Å². The molecule has 2 aromatic rings. The third kappa shape index (κ3) is 2.49. The van der Waals surface area contributed by atoms with Crippen molar-refractivity contribution in [1.82, 2.24) is 0 Å². The van der Waals surface area contributed by atoms with Gasteiger partial charge in [-0.05, 0) is 44.6 Å². The van der Waals surface area contributed by atoms with Crippen LogP contribution in [0.2, 0.25) is 0 Å². The van der Waals surface area contributed by atoms with Crippen molar-refractivity contribution in [1.29, 1.82) is 0 Å². The molecule has 0 aliphatic heterocycles. The van der Waals surface area contributed by atoms with Gasteiger partial charge in [0.2, 0.25) is 0 Å². The van der Waals surface area contributed by atoms with E-state index in [0.29, 0.717) is 5.92 Å². The van der Waals surface area contributed by atoms with Gasteiger partial charge in [0.05, 0.1) is 6.61 Å². The summed E-state index contributed by atoms with van der Waals surface area (Å²) in [7, 11) is 0. The molecule has 2 unspecified atom stereocenters. The minimum absolute atomic E-state index is 0.0242. The predicted molar refractivity (Wildman–Crippen MR) is 98.1 cm³/mol. The number of hydrogen-bond donors (Lipinski definition) is 2. The number of aliphatic hydroxyl groups excluding tert-OH is 2. The van der Waals surface area contributed by atoms with Crippen molar-refractivity contribution in [2.24, 2.45) is 5.92 Å². The average Bonchev–Trinajstić information content (AvgIpc) is 2.72. The first-order valence-electron chi connectivity index (χ1n) is 8.72. The highest BCUT2D eigenvalue weighted by Crippen LogP contribution is 2.53. The van der Waals surface area contributed by atoms with Crippen molar-refractivity contribution >= 4 is 0 Å². The summed E-state index contributed by atoms with van der Waals surface area (Å²) in [6.45, 7) is 11.6. The van der Waals surface area contributed by atoms with Gasteiger partial charge >= 0.3 is 0 Å². The Labute approximate surface area is 145 Å². The fraction of sp³-hybridized carbons (Fsp3) is 0.455. The molecule has 3 rings (SSSR count). The largest absolute Gasteiger partial charge is 0.392 e. The van der Waals surface area contributed by atoms with E-state index in [1.807, 2.05) is 24.3 Å². The Morgan fingerprint density at radius 1 is 0.875 bits per heavy atom. The summed E-state index contributed by atoms with van der Waals surface area (Å²) in [6, 6.07) is 13.9. The van der Waals surface area contributed by atoms with Crippen molar-refractivity contribution in [2.45, 2.75) is 58.2 Å². The third-order valence-corrected chi connectivity index (χ3v) is 6.39. The summed E-state index contributed by atoms with van der Waals surface area (Å²) < 4.78 is 0. The molecule has 0 saturated carbocycles. The minimum Gasteiger partial charge on any atom is -0.392 e. The summed E-state index contributed by atoms with van der Waals surface area (Å²) in [5, 5.41) is 19.9. The molecule has 0 spiro atoms. The lowest BCUT2D eigenvalue weighted by Gasteiger charge is -2.32. The lowest BCUT2D eigenvalue weighted by Crippen LogP contribution is -2.30. The zero-order valence-electron chi connectivity index (χ0n) is 15.3. The lowest BCUT2D eigenvalue weighted by molar-refractivity contribution is 0.219. The van der Waals surface area contributed by atoms with Crippen molar-refractivity contribution in [3.8, 4) is 0 Å². The van der Waals surface area contributed by atoms with E-state index in [-0.39, 0.29) is 17.4 Å². The van der Waals surface area contributed by atoms with Crippen LogP contribution in [-0.2, 0) is 17.4 Å². The second kappa shape index (κ2) is 5.72. The highest BCUT2D eigenvalue weighted by molar-refractivity contribution is 5.49. The number of benzene rings is 2. The van der Waals surface area contributed by atoms with E-state index in [4.69, 9.17) is 5.11 Å². The SMILES string of the molecule is CC1C(C)(C)c2ccc(C(O)c3ccc(CO)cc3)cc2C1(C)C. The minimum atomic E-state index is -0.641. The Kier molecular flexibility index (Phi) is 4.09. The summed E-state index contributed by atoms with van der Waals surface area (Å²) >= 11 is 0. The molecule has 2 nitrogen and oxygen atoms in total. The molecule has 0 fully saturated rings. The lowest BCUT2D eigenvalue weighted by atomic mass is 9.71. The van der Waals surface area contributed by atoms with Crippen LogP contribution in [0.25, 0.3) is 0 Å². The van der Waals surface area contributed by atoms with Gasteiger partial charge in [-0.2, -0.15) is 0 Å². The molecule has 0 saturated heterocycles. The predicted octanol–water partition coefficient (Wildman–Crippen LogP) is 4.47. The van der Waals surface area contributed by atoms with E-state index in [0.717, 1.165) is 16.7 Å². The molecule has 1 aliphatic rings. The van der Waals surface area contributed by atoms with E-state index < -0.39 is 6.10 Å². The first kappa shape index (κ1) is 17.2. The normalized spacial score (nSPS) is 22.2. The third-order valence-electron chi connectivity index (χ3n) is 6.39. The quantitative estimate of drug-likeness (QED) is 0.875. The topological polar surface area (TPSA) is 40.5 Å². The molecule has 128 valence electrons. The molecule has 2 aromatic carbocycles. The van der Waals surface area contributed by atoms with Gasteiger partial charge in [0.25, 0.3) is 0 Å². The smallest absolute Gasteiger partial charge is 0.104 e. The van der Waals surface area contributed by atoms with Crippen molar-refractivity contribution in [3.63, 3.8) is 0 Å². The molecule has 1 aliphatic carbocycles. The highest BCUT2D eigenvalue weighted by Gasteiger charge is 2.48. The van der Waals surface area contributed by atoms with Gasteiger partial charge in [-0.1, -0.05) is 77.1 Å². The van der Waals surface area contributed by atoms with Gasteiger partial charge in [0.1, 0.15) is 6.10 Å². The fourth-order valence-electron chi connectivity index (χ4n) is 4.19. The van der Waals surface area contributed by atoms with E-state index in [2.05, 4.69) is 52.8 Å². The maximum atomic E-state index is 10.8. The van der Waals surface area contributed by atoms with Crippen LogP contribution in [-0.4, -0.2) is 10.2 Å². The summed E-state index contributed by atoms with van der Waals surface area (Å²) in [5.74, 6) is 0.538. The van der Waals surface area contributed by atoms with Gasteiger partial charge in [-0.15, -0.1) is 0 Å². The van der Waals surface area contributed by atoms with E-state index in [1.165, 1.54) is 11.1 Å². The standard InChI is InChI=1S/C22H28O2/c1-14-21(2,3)18-11-10-17(12-19(18)22(14,4)5)20(24)16-8-6-15(13-23)7-9-16/h6-12,14,20,23-24H,13H2,1-5H3. The molecular formula is C22H28O2. The van der Waals surface area contributed by atoms with Crippen LogP contribution >= 0.6 is 0 Å². The highest BCUT2D eigenvalue weighted by atomic mass is 16.3. The van der Waals surface area contributed by atoms with Crippen LogP contribution in [0, 0.1) is 5.92 Å². The van der Waals surface area contributed by atoms with E-state index in [9.17, 15) is 5.11 Å². The van der Waals surface area contributed by atoms with Crippen LogP contribution < -0.4 is 0 Å². The van der Waals surface area contributed by atoms with Crippen LogP contribution in [0.1, 0.15) is 68.5 Å². The number of rotatable bonds is 3. The van der Waals surface area contributed by atoms with Gasteiger partial charge in [-0.3, -0.25) is 0 Å². The van der Waals surface area contributed by atoms with E-state index >= 15 is 0 Å². The fourth-order valence-corrected chi connectivity index (χ4v) is 4.19. The van der Waals surface area contributed by atoms with Gasteiger partial charge < -0.3 is 10.2 Å². The number of fused-ring (bicyclic) bond motifs is 1. The second-order valence-electron chi connectivity index (χ2n) is 8.27. The molecule has 2 N–H and O–H groups in total. The molecular weight excluding hydrogens is 296 g/mol. The summed E-state index contributed by atoms with van der Waals surface area (Å²) in [6.07, 6.45) is -0.641. The first-order chi connectivity index (χ1) is 11.2. The van der Waals surface area contributed by atoms with Crippen molar-refractivity contribution in [3.05, 3.63) is 70.3 Å². The Hall–Kier alpha value is -1.64. The molecule has 0 bridgehead atoms. The van der Waals surface area contributed by atoms with E-state index in [1.54, 1.807) is 0 Å². The Balaban J connectivity index is 2.01. The first-order valence-corrected chi connectivity index (χ1v) is 8.72. The Morgan fingerprint density at radius 3 is 2.00 bits per heavy atom. The summed E-state index contributed by atoms with van der Waals surface area (Å²) in [5.41, 5.74) is 5.63. The second-order valence-corrected chi connectivity index (χ2v) is 8.27. The number of hydrogen-bond acceptors (Lipinski definition) is 2. The average molecular weight is 324 g/mol. The van der Waals surface area contributed by atoms with Crippen LogP contribution in [0.5, 0.6) is 0 Å².